The Bertz CT molecular complexity index is 829. The summed E-state index contributed by atoms with van der Waals surface area (Å²) in [6, 6.07) is 2.98. The molecule has 0 saturated heterocycles. The maximum absolute atomic E-state index is 13.1. The van der Waals surface area contributed by atoms with Crippen molar-refractivity contribution in [2.45, 2.75) is 6.61 Å². The van der Waals surface area contributed by atoms with Crippen LogP contribution in [0.25, 0.3) is 4.96 Å². The first-order valence-corrected chi connectivity index (χ1v) is 6.65. The number of aromatic nitrogens is 2. The molecule has 9 heteroatoms. The van der Waals surface area contributed by atoms with Crippen LogP contribution in [0.15, 0.2) is 29.8 Å². The van der Waals surface area contributed by atoms with Gasteiger partial charge in [-0.3, -0.25) is 14.5 Å². The summed E-state index contributed by atoms with van der Waals surface area (Å²) < 4.78 is 20.1. The molecule has 0 spiro atoms. The van der Waals surface area contributed by atoms with E-state index in [-0.39, 0.29) is 18.2 Å². The van der Waals surface area contributed by atoms with Crippen molar-refractivity contribution in [3.63, 3.8) is 0 Å². The van der Waals surface area contributed by atoms with Crippen LogP contribution in [-0.2, 0) is 6.61 Å². The third kappa shape index (κ3) is 2.32. The largest absolute Gasteiger partial charge is 0.430 e. The Balaban J connectivity index is 2.06. The van der Waals surface area contributed by atoms with Gasteiger partial charge in [0.05, 0.1) is 17.6 Å². The van der Waals surface area contributed by atoms with Crippen molar-refractivity contribution in [1.82, 2.24) is 9.38 Å². The zero-order chi connectivity index (χ0) is 15.0. The van der Waals surface area contributed by atoms with E-state index in [0.717, 1.165) is 18.2 Å². The number of nitro groups is 1. The summed E-state index contributed by atoms with van der Waals surface area (Å²) in [6.07, 6.45) is 1.70. The second-order valence-electron chi connectivity index (χ2n) is 4.05. The van der Waals surface area contributed by atoms with Crippen molar-refractivity contribution in [1.29, 1.82) is 0 Å². The monoisotopic (exact) mass is 309 g/mol. The highest BCUT2D eigenvalue weighted by Crippen LogP contribution is 2.34. The Morgan fingerprint density at radius 3 is 3.05 bits per heavy atom. The minimum atomic E-state index is -0.741. The summed E-state index contributed by atoms with van der Waals surface area (Å²) >= 11 is 1.33. The Morgan fingerprint density at radius 1 is 1.52 bits per heavy atom. The van der Waals surface area contributed by atoms with Crippen LogP contribution >= 0.6 is 11.3 Å². The Hall–Kier alpha value is -2.52. The lowest BCUT2D eigenvalue weighted by molar-refractivity contribution is -0.385. The quantitative estimate of drug-likeness (QED) is 0.591. The van der Waals surface area contributed by atoms with Crippen molar-refractivity contribution in [2.24, 2.45) is 0 Å². The van der Waals surface area contributed by atoms with Gasteiger partial charge < -0.3 is 9.84 Å². The molecule has 1 aromatic carbocycles. The highest BCUT2D eigenvalue weighted by molar-refractivity contribution is 7.15. The normalized spacial score (nSPS) is 11.0. The summed E-state index contributed by atoms with van der Waals surface area (Å²) in [6.45, 7) is -0.345. The van der Waals surface area contributed by atoms with Crippen LogP contribution in [0.5, 0.6) is 11.6 Å². The number of nitro benzene ring substituents is 1. The highest BCUT2D eigenvalue weighted by Gasteiger charge is 2.21. The van der Waals surface area contributed by atoms with Crippen LogP contribution in [0, 0.1) is 15.9 Å². The summed E-state index contributed by atoms with van der Waals surface area (Å²) in [5.74, 6) is -0.817. The van der Waals surface area contributed by atoms with E-state index in [2.05, 4.69) is 4.98 Å². The molecule has 0 aliphatic rings. The molecule has 0 fully saturated rings. The minimum absolute atomic E-state index is 0.0547. The molecule has 0 saturated carbocycles. The lowest BCUT2D eigenvalue weighted by atomic mass is 10.3. The number of imidazole rings is 1. The third-order valence-electron chi connectivity index (χ3n) is 2.80. The topological polar surface area (TPSA) is 89.9 Å². The molecule has 3 aromatic rings. The fourth-order valence-corrected chi connectivity index (χ4v) is 2.59. The van der Waals surface area contributed by atoms with Gasteiger partial charge in [-0.1, -0.05) is 0 Å². The molecule has 7 nitrogen and oxygen atoms in total. The van der Waals surface area contributed by atoms with Crippen LogP contribution in [0.3, 0.4) is 0 Å². The first-order valence-electron chi connectivity index (χ1n) is 5.77. The van der Waals surface area contributed by atoms with Gasteiger partial charge in [-0.25, -0.2) is 4.39 Å². The Labute approximate surface area is 121 Å². The molecule has 0 aliphatic heterocycles. The van der Waals surface area contributed by atoms with E-state index in [4.69, 9.17) is 4.74 Å². The third-order valence-corrected chi connectivity index (χ3v) is 3.55. The zero-order valence-electron chi connectivity index (χ0n) is 10.4. The lowest BCUT2D eigenvalue weighted by Gasteiger charge is -2.05. The van der Waals surface area contributed by atoms with Crippen LogP contribution in [-0.4, -0.2) is 19.4 Å². The van der Waals surface area contributed by atoms with E-state index >= 15 is 0 Å². The van der Waals surface area contributed by atoms with Gasteiger partial charge in [0.15, 0.2) is 4.96 Å². The predicted molar refractivity (Wildman–Crippen MR) is 72.1 cm³/mol. The molecule has 0 radical (unpaired) electrons. The number of ether oxygens (including phenoxy) is 1. The molecular formula is C12H8FN3O4S. The molecule has 0 bridgehead atoms. The molecule has 0 amide bonds. The number of hydrogen-bond donors (Lipinski definition) is 1. The minimum Gasteiger partial charge on any atom is -0.430 e. The number of halogens is 1. The van der Waals surface area contributed by atoms with Crippen molar-refractivity contribution in [3.8, 4) is 11.6 Å². The number of thiazole rings is 1. The van der Waals surface area contributed by atoms with Crippen LogP contribution < -0.4 is 4.74 Å². The number of nitrogens with zero attached hydrogens (tertiary/aromatic N) is 3. The van der Waals surface area contributed by atoms with Gasteiger partial charge in [-0.2, -0.15) is 4.98 Å². The van der Waals surface area contributed by atoms with E-state index in [1.807, 2.05) is 0 Å². The molecule has 2 heterocycles. The number of aliphatic hydroxyl groups excluding tert-OH is 1. The van der Waals surface area contributed by atoms with E-state index in [0.29, 0.717) is 10.7 Å². The van der Waals surface area contributed by atoms with E-state index in [9.17, 15) is 19.6 Å². The van der Waals surface area contributed by atoms with Crippen molar-refractivity contribution >= 4 is 22.0 Å². The average molecular weight is 309 g/mol. The van der Waals surface area contributed by atoms with Gasteiger partial charge >= 0.3 is 5.69 Å². The molecule has 2 aromatic heterocycles. The first-order chi connectivity index (χ1) is 10.1. The standard InChI is InChI=1S/C12H8FN3O4S/c13-7-1-2-10(8(5-7)16(18)19)20-11-9(6-17)15-3-4-21-12(15)14-11/h1-5,17H,6H2. The number of rotatable bonds is 4. The molecule has 0 unspecified atom stereocenters. The summed E-state index contributed by atoms with van der Waals surface area (Å²) in [5, 5.41) is 22.1. The van der Waals surface area contributed by atoms with Gasteiger partial charge in [-0.15, -0.1) is 11.3 Å². The predicted octanol–water partition coefficient (Wildman–Crippen LogP) is 2.73. The van der Waals surface area contributed by atoms with Gasteiger partial charge in [-0.05, 0) is 12.1 Å². The summed E-state index contributed by atoms with van der Waals surface area (Å²) in [5.41, 5.74) is -0.139. The number of fused-ring (bicyclic) bond motifs is 1. The number of hydrogen-bond acceptors (Lipinski definition) is 6. The molecule has 0 aliphatic carbocycles. The SMILES string of the molecule is O=[N+]([O-])c1cc(F)ccc1Oc1nc2sccn2c1CO. The smallest absolute Gasteiger partial charge is 0.314 e. The van der Waals surface area contributed by atoms with E-state index < -0.39 is 16.4 Å². The van der Waals surface area contributed by atoms with Crippen molar-refractivity contribution in [2.75, 3.05) is 0 Å². The van der Waals surface area contributed by atoms with Gasteiger partial charge in [0, 0.05) is 11.6 Å². The maximum atomic E-state index is 13.1. The molecule has 108 valence electrons. The highest BCUT2D eigenvalue weighted by atomic mass is 32.1. The summed E-state index contributed by atoms with van der Waals surface area (Å²) in [4.78, 5) is 14.9. The first kappa shape index (κ1) is 13.5. The van der Waals surface area contributed by atoms with Crippen LogP contribution in [0.2, 0.25) is 0 Å². The van der Waals surface area contributed by atoms with E-state index in [1.54, 1.807) is 16.0 Å². The van der Waals surface area contributed by atoms with Gasteiger partial charge in [0.1, 0.15) is 11.5 Å². The second-order valence-corrected chi connectivity index (χ2v) is 4.92. The average Bonchev–Trinajstić information content (AvgIpc) is 3.00. The van der Waals surface area contributed by atoms with E-state index in [1.165, 1.54) is 11.3 Å². The second kappa shape index (κ2) is 5.11. The molecule has 21 heavy (non-hydrogen) atoms. The molecule has 3 rings (SSSR count). The fraction of sp³-hybridized carbons (Fsp3) is 0.0833. The molecule has 1 N–H and O–H groups in total. The van der Waals surface area contributed by atoms with Crippen LogP contribution in [0.1, 0.15) is 5.69 Å². The van der Waals surface area contributed by atoms with Gasteiger partial charge in [0.2, 0.25) is 11.6 Å². The fourth-order valence-electron chi connectivity index (χ4n) is 1.86. The van der Waals surface area contributed by atoms with Gasteiger partial charge in [0.25, 0.3) is 0 Å². The lowest BCUT2D eigenvalue weighted by Crippen LogP contribution is -1.97. The molecule has 0 atom stereocenters. The van der Waals surface area contributed by atoms with Crippen LogP contribution in [0.4, 0.5) is 10.1 Å². The van der Waals surface area contributed by atoms with Crippen molar-refractivity contribution < 1.29 is 19.2 Å². The number of benzene rings is 1. The summed E-state index contributed by atoms with van der Waals surface area (Å²) in [7, 11) is 0. The molecular weight excluding hydrogens is 301 g/mol. The Morgan fingerprint density at radius 2 is 2.33 bits per heavy atom. The van der Waals surface area contributed by atoms with Crippen molar-refractivity contribution in [3.05, 3.63) is 51.4 Å². The number of aliphatic hydroxyl groups is 1. The maximum Gasteiger partial charge on any atom is 0.314 e. The Kier molecular flexibility index (Phi) is 3.28. The zero-order valence-corrected chi connectivity index (χ0v) is 11.2.